The van der Waals surface area contributed by atoms with E-state index < -0.39 is 0 Å². The van der Waals surface area contributed by atoms with Crippen LogP contribution in [0.25, 0.3) is 10.2 Å². The second kappa shape index (κ2) is 9.31. The average Bonchev–Trinajstić information content (AvgIpc) is 3.02. The van der Waals surface area contributed by atoms with E-state index >= 15 is 0 Å². The highest BCUT2D eigenvalue weighted by atomic mass is 35.5. The highest BCUT2D eigenvalue weighted by molar-refractivity contribution is 7.18. The molecule has 0 amide bonds. The van der Waals surface area contributed by atoms with Crippen LogP contribution in [0.15, 0.2) is 48.5 Å². The van der Waals surface area contributed by atoms with E-state index in [1.165, 1.54) is 10.4 Å². The van der Waals surface area contributed by atoms with Gasteiger partial charge in [0.05, 0.1) is 11.9 Å². The molecule has 2 aromatic heterocycles. The first-order valence-electron chi connectivity index (χ1n) is 9.71. The molecule has 0 aliphatic heterocycles. The molecule has 2 N–H and O–H groups in total. The summed E-state index contributed by atoms with van der Waals surface area (Å²) in [7, 11) is 0. The zero-order valence-corrected chi connectivity index (χ0v) is 19.1. The lowest BCUT2D eigenvalue weighted by molar-refractivity contribution is 0.666. The van der Waals surface area contributed by atoms with Crippen molar-refractivity contribution < 1.29 is 0 Å². The minimum atomic E-state index is 0.554. The van der Waals surface area contributed by atoms with Crippen molar-refractivity contribution in [3.63, 3.8) is 0 Å². The van der Waals surface area contributed by atoms with Gasteiger partial charge in [-0.25, -0.2) is 9.97 Å². The number of benzene rings is 2. The summed E-state index contributed by atoms with van der Waals surface area (Å²) in [5.74, 6) is 1.59. The van der Waals surface area contributed by atoms with Gasteiger partial charge in [-0.1, -0.05) is 59.6 Å². The summed E-state index contributed by atoms with van der Waals surface area (Å²) in [5.41, 5.74) is 3.31. The molecule has 2 aromatic carbocycles. The Balaban J connectivity index is 1.57. The first-order chi connectivity index (χ1) is 14.5. The molecule has 0 bridgehead atoms. The van der Waals surface area contributed by atoms with Crippen molar-refractivity contribution >= 4 is 50.6 Å². The maximum Gasteiger partial charge on any atom is 0.146 e. The number of thiophene rings is 1. The molecule has 0 saturated heterocycles. The smallest absolute Gasteiger partial charge is 0.146 e. The van der Waals surface area contributed by atoms with E-state index in [1.54, 1.807) is 11.3 Å². The third-order valence-electron chi connectivity index (χ3n) is 5.04. The second-order valence-corrected chi connectivity index (χ2v) is 9.11. The lowest BCUT2D eigenvalue weighted by atomic mass is 10.2. The third kappa shape index (κ3) is 4.60. The van der Waals surface area contributed by atoms with E-state index in [9.17, 15) is 0 Å². The van der Waals surface area contributed by atoms with Gasteiger partial charge >= 0.3 is 0 Å². The number of fused-ring (bicyclic) bond motifs is 1. The first kappa shape index (κ1) is 21.1. The summed E-state index contributed by atoms with van der Waals surface area (Å²) in [6.45, 7) is 6.05. The van der Waals surface area contributed by atoms with Gasteiger partial charge in [-0.3, -0.25) is 0 Å². The molecule has 4 nitrogen and oxygen atoms in total. The van der Waals surface area contributed by atoms with Crippen molar-refractivity contribution in [2.45, 2.75) is 33.5 Å². The Morgan fingerprint density at radius 2 is 1.47 bits per heavy atom. The molecule has 30 heavy (non-hydrogen) atoms. The summed E-state index contributed by atoms with van der Waals surface area (Å²) >= 11 is 14.3. The van der Waals surface area contributed by atoms with Crippen LogP contribution < -0.4 is 10.6 Å². The molecule has 154 valence electrons. The Kier molecular flexibility index (Phi) is 6.54. The molecule has 0 unspecified atom stereocenters. The largest absolute Gasteiger partial charge is 0.365 e. The second-order valence-electron chi connectivity index (χ2n) is 7.09. The molecule has 2 heterocycles. The molecule has 4 rings (SSSR count). The van der Waals surface area contributed by atoms with Crippen LogP contribution >= 0.6 is 34.5 Å². The maximum absolute atomic E-state index is 6.32. The number of anilines is 1. The number of rotatable bonds is 7. The summed E-state index contributed by atoms with van der Waals surface area (Å²) in [4.78, 5) is 11.9. The van der Waals surface area contributed by atoms with Crippen molar-refractivity contribution in [2.24, 2.45) is 0 Å². The number of aryl methyl sites for hydroxylation is 2. The van der Waals surface area contributed by atoms with Gasteiger partial charge in [0.25, 0.3) is 0 Å². The lowest BCUT2D eigenvalue weighted by Crippen LogP contribution is -2.16. The van der Waals surface area contributed by atoms with E-state index in [1.807, 2.05) is 48.5 Å². The molecule has 7 heteroatoms. The lowest BCUT2D eigenvalue weighted by Gasteiger charge is -2.11. The Labute approximate surface area is 190 Å². The van der Waals surface area contributed by atoms with Crippen LogP contribution in [0.1, 0.15) is 27.4 Å². The molecule has 0 radical (unpaired) electrons. The van der Waals surface area contributed by atoms with Crippen LogP contribution in [0.2, 0.25) is 10.0 Å². The predicted molar refractivity (Wildman–Crippen MR) is 128 cm³/mol. The van der Waals surface area contributed by atoms with Gasteiger partial charge in [0.1, 0.15) is 16.5 Å². The van der Waals surface area contributed by atoms with Crippen molar-refractivity contribution in [3.8, 4) is 0 Å². The molecule has 0 atom stereocenters. The Morgan fingerprint density at radius 3 is 2.13 bits per heavy atom. The Bertz CT molecular complexity index is 1190. The van der Waals surface area contributed by atoms with Gasteiger partial charge < -0.3 is 10.6 Å². The summed E-state index contributed by atoms with van der Waals surface area (Å²) in [6.07, 6.45) is 0. The summed E-state index contributed by atoms with van der Waals surface area (Å²) < 4.78 is 0. The normalized spacial score (nSPS) is 11.2. The van der Waals surface area contributed by atoms with Gasteiger partial charge in [-0.2, -0.15) is 0 Å². The summed E-state index contributed by atoms with van der Waals surface area (Å²) in [6, 6.07) is 15.7. The zero-order valence-electron chi connectivity index (χ0n) is 16.8. The number of hydrogen-bond acceptors (Lipinski definition) is 5. The van der Waals surface area contributed by atoms with Crippen LogP contribution in [0.4, 0.5) is 5.82 Å². The minimum absolute atomic E-state index is 0.554. The molecule has 0 aliphatic carbocycles. The Hall–Kier alpha value is -2.18. The monoisotopic (exact) mass is 456 g/mol. The van der Waals surface area contributed by atoms with Crippen molar-refractivity contribution in [1.82, 2.24) is 15.3 Å². The molecule has 0 aliphatic rings. The number of halogens is 2. The number of aromatic nitrogens is 2. The van der Waals surface area contributed by atoms with Crippen LogP contribution in [-0.2, 0) is 19.6 Å². The fourth-order valence-electron chi connectivity index (χ4n) is 3.27. The van der Waals surface area contributed by atoms with Crippen molar-refractivity contribution in [2.75, 3.05) is 5.32 Å². The SMILES string of the molecule is Cc1sc2nc(CNCc3ccccc3Cl)nc(NCc3ccccc3Cl)c2c1C. The average molecular weight is 457 g/mol. The number of nitrogens with zero attached hydrogens (tertiary/aromatic N) is 2. The molecular weight excluding hydrogens is 435 g/mol. The fraction of sp³-hybridized carbons (Fsp3) is 0.217. The van der Waals surface area contributed by atoms with E-state index in [2.05, 4.69) is 24.5 Å². The van der Waals surface area contributed by atoms with Gasteiger partial charge in [0.15, 0.2) is 0 Å². The molecular formula is C23H22Cl2N4S. The third-order valence-corrected chi connectivity index (χ3v) is 6.87. The van der Waals surface area contributed by atoms with E-state index in [0.717, 1.165) is 43.0 Å². The van der Waals surface area contributed by atoms with Gasteiger partial charge in [0.2, 0.25) is 0 Å². The highest BCUT2D eigenvalue weighted by Crippen LogP contribution is 2.33. The van der Waals surface area contributed by atoms with E-state index in [0.29, 0.717) is 19.6 Å². The standard InChI is InChI=1S/C23H22Cl2N4S/c1-14-15(2)30-23-21(14)22(27-12-17-8-4-6-10-19(17)25)28-20(29-23)13-26-11-16-7-3-5-9-18(16)24/h3-10,26H,11-13H2,1-2H3,(H,27,28,29). The molecule has 0 saturated carbocycles. The van der Waals surface area contributed by atoms with Gasteiger partial charge in [-0.15, -0.1) is 11.3 Å². The molecule has 0 fully saturated rings. The maximum atomic E-state index is 6.32. The topological polar surface area (TPSA) is 49.8 Å². The quantitative estimate of drug-likeness (QED) is 0.332. The van der Waals surface area contributed by atoms with Crippen LogP contribution in [-0.4, -0.2) is 9.97 Å². The van der Waals surface area contributed by atoms with Crippen molar-refractivity contribution in [3.05, 3.63) is 86.0 Å². The summed E-state index contributed by atoms with van der Waals surface area (Å²) in [5, 5.41) is 9.47. The fourth-order valence-corrected chi connectivity index (χ4v) is 4.73. The first-order valence-corrected chi connectivity index (χ1v) is 11.3. The van der Waals surface area contributed by atoms with Gasteiger partial charge in [-0.05, 0) is 42.7 Å². The van der Waals surface area contributed by atoms with E-state index in [-0.39, 0.29) is 0 Å². The highest BCUT2D eigenvalue weighted by Gasteiger charge is 2.15. The Morgan fingerprint density at radius 1 is 0.833 bits per heavy atom. The molecule has 4 aromatic rings. The molecule has 0 spiro atoms. The predicted octanol–water partition coefficient (Wildman–Crippen LogP) is 6.52. The van der Waals surface area contributed by atoms with Crippen LogP contribution in [0.5, 0.6) is 0 Å². The zero-order chi connectivity index (χ0) is 21.1. The van der Waals surface area contributed by atoms with Gasteiger partial charge in [0, 0.05) is 28.0 Å². The van der Waals surface area contributed by atoms with E-state index in [4.69, 9.17) is 33.2 Å². The number of hydrogen-bond donors (Lipinski definition) is 2. The van der Waals surface area contributed by atoms with Crippen LogP contribution in [0, 0.1) is 13.8 Å². The minimum Gasteiger partial charge on any atom is -0.365 e. The van der Waals surface area contributed by atoms with Crippen LogP contribution in [0.3, 0.4) is 0 Å². The number of nitrogens with one attached hydrogen (secondary N) is 2. The van der Waals surface area contributed by atoms with Crippen molar-refractivity contribution in [1.29, 1.82) is 0 Å².